The van der Waals surface area contributed by atoms with Crippen molar-refractivity contribution in [2.75, 3.05) is 5.73 Å². The number of hydrogen-bond acceptors (Lipinski definition) is 5. The molecule has 0 aromatic carbocycles. The molecule has 2 heterocycles. The first kappa shape index (κ1) is 8.67. The van der Waals surface area contributed by atoms with E-state index in [9.17, 15) is 0 Å². The number of tetrazole rings is 1. The Balaban J connectivity index is 2.02. The predicted molar refractivity (Wildman–Crippen MR) is 49.2 cm³/mol. The van der Waals surface area contributed by atoms with Crippen LogP contribution in [0.15, 0.2) is 12.5 Å². The second kappa shape index (κ2) is 3.44. The minimum atomic E-state index is 0.689. The first-order valence-corrected chi connectivity index (χ1v) is 4.26. The zero-order chi connectivity index (χ0) is 9.97. The third-order valence-corrected chi connectivity index (χ3v) is 2.07. The van der Waals surface area contributed by atoms with E-state index in [4.69, 9.17) is 5.73 Å². The van der Waals surface area contributed by atoms with Crippen molar-refractivity contribution in [3.05, 3.63) is 18.2 Å². The summed E-state index contributed by atoms with van der Waals surface area (Å²) in [6, 6.07) is 0. The Labute approximate surface area is 80.5 Å². The maximum Gasteiger partial charge on any atom is 0.138 e. The highest BCUT2D eigenvalue weighted by atomic mass is 15.5. The normalized spacial score (nSPS) is 10.6. The van der Waals surface area contributed by atoms with Gasteiger partial charge in [-0.2, -0.15) is 5.10 Å². The molecule has 0 radical (unpaired) electrons. The number of nitrogens with two attached hydrogens (primary N) is 1. The molecule has 0 aliphatic carbocycles. The molecule has 0 amide bonds. The van der Waals surface area contributed by atoms with Gasteiger partial charge in [-0.1, -0.05) is 0 Å². The fraction of sp³-hybridized carbons (Fsp3) is 0.429. The summed E-state index contributed by atoms with van der Waals surface area (Å²) >= 11 is 0. The van der Waals surface area contributed by atoms with Crippen LogP contribution in [0.4, 0.5) is 5.69 Å². The van der Waals surface area contributed by atoms with Gasteiger partial charge < -0.3 is 5.73 Å². The summed E-state index contributed by atoms with van der Waals surface area (Å²) in [6.07, 6.45) is 3.22. The van der Waals surface area contributed by atoms with Gasteiger partial charge in [-0.15, -0.1) is 5.10 Å². The van der Waals surface area contributed by atoms with Crippen LogP contribution in [0.1, 0.15) is 5.69 Å². The van der Waals surface area contributed by atoms with E-state index < -0.39 is 0 Å². The summed E-state index contributed by atoms with van der Waals surface area (Å²) < 4.78 is 3.48. The lowest BCUT2D eigenvalue weighted by atomic mass is 10.4. The molecule has 2 N–H and O–H groups in total. The SMILES string of the molecule is Cc1c(N)cnn1CCn1cnnn1. The van der Waals surface area contributed by atoms with E-state index in [1.54, 1.807) is 17.2 Å². The van der Waals surface area contributed by atoms with Gasteiger partial charge in [0.1, 0.15) is 6.33 Å². The molecule has 2 aromatic heterocycles. The lowest BCUT2D eigenvalue weighted by Gasteiger charge is -2.03. The molecule has 0 aliphatic heterocycles. The molecule has 0 saturated heterocycles. The van der Waals surface area contributed by atoms with Crippen molar-refractivity contribution in [2.45, 2.75) is 20.0 Å². The number of nitrogens with zero attached hydrogens (tertiary/aromatic N) is 6. The van der Waals surface area contributed by atoms with Crippen LogP contribution in [0, 0.1) is 6.92 Å². The average molecular weight is 193 g/mol. The Hall–Kier alpha value is -1.92. The first-order valence-electron chi connectivity index (χ1n) is 4.26. The van der Waals surface area contributed by atoms with Crippen LogP contribution in [0.2, 0.25) is 0 Å². The number of hydrogen-bond donors (Lipinski definition) is 1. The van der Waals surface area contributed by atoms with Crippen LogP contribution < -0.4 is 5.73 Å². The molecule has 0 fully saturated rings. The highest BCUT2D eigenvalue weighted by Crippen LogP contribution is 2.07. The van der Waals surface area contributed by atoms with Gasteiger partial charge >= 0.3 is 0 Å². The summed E-state index contributed by atoms with van der Waals surface area (Å²) in [5.74, 6) is 0. The van der Waals surface area contributed by atoms with Gasteiger partial charge in [-0.05, 0) is 17.4 Å². The molecular formula is C7H11N7. The smallest absolute Gasteiger partial charge is 0.138 e. The van der Waals surface area contributed by atoms with E-state index in [1.165, 1.54) is 0 Å². The van der Waals surface area contributed by atoms with E-state index in [1.807, 2.05) is 11.6 Å². The van der Waals surface area contributed by atoms with Crippen molar-refractivity contribution in [2.24, 2.45) is 0 Å². The number of nitrogen functional groups attached to an aromatic ring is 1. The first-order chi connectivity index (χ1) is 6.77. The van der Waals surface area contributed by atoms with Gasteiger partial charge in [0.2, 0.25) is 0 Å². The molecule has 7 nitrogen and oxygen atoms in total. The molecule has 0 saturated carbocycles. The monoisotopic (exact) mass is 193 g/mol. The third-order valence-electron chi connectivity index (χ3n) is 2.07. The fourth-order valence-electron chi connectivity index (χ4n) is 1.17. The molecule has 2 aromatic rings. The van der Waals surface area contributed by atoms with Crippen molar-refractivity contribution in [3.63, 3.8) is 0 Å². The molecule has 0 aliphatic rings. The van der Waals surface area contributed by atoms with E-state index in [0.717, 1.165) is 5.69 Å². The van der Waals surface area contributed by atoms with Crippen LogP contribution in [0.25, 0.3) is 0 Å². The zero-order valence-corrected chi connectivity index (χ0v) is 7.83. The van der Waals surface area contributed by atoms with Crippen molar-refractivity contribution in [1.29, 1.82) is 0 Å². The van der Waals surface area contributed by atoms with E-state index in [0.29, 0.717) is 18.8 Å². The number of aromatic nitrogens is 6. The lowest BCUT2D eigenvalue weighted by molar-refractivity contribution is 0.483. The Morgan fingerprint density at radius 1 is 1.43 bits per heavy atom. The molecule has 0 atom stereocenters. The standard InChI is InChI=1S/C7H11N7/c1-6-7(8)4-10-14(6)3-2-13-5-9-11-12-13/h4-5H,2-3,8H2,1H3. The largest absolute Gasteiger partial charge is 0.396 e. The lowest BCUT2D eigenvalue weighted by Crippen LogP contribution is -2.10. The number of rotatable bonds is 3. The molecule has 74 valence electrons. The summed E-state index contributed by atoms with van der Waals surface area (Å²) in [7, 11) is 0. The van der Waals surface area contributed by atoms with Crippen LogP contribution in [0.5, 0.6) is 0 Å². The molecule has 0 unspecified atom stereocenters. The minimum Gasteiger partial charge on any atom is -0.396 e. The summed E-state index contributed by atoms with van der Waals surface area (Å²) in [5.41, 5.74) is 7.34. The van der Waals surface area contributed by atoms with Crippen molar-refractivity contribution in [1.82, 2.24) is 30.0 Å². The van der Waals surface area contributed by atoms with Gasteiger partial charge in [0.25, 0.3) is 0 Å². The highest BCUT2D eigenvalue weighted by Gasteiger charge is 2.02. The van der Waals surface area contributed by atoms with E-state index >= 15 is 0 Å². The third kappa shape index (κ3) is 1.56. The Morgan fingerprint density at radius 2 is 2.29 bits per heavy atom. The highest BCUT2D eigenvalue weighted by molar-refractivity contribution is 5.39. The van der Waals surface area contributed by atoms with Gasteiger partial charge in [0.15, 0.2) is 0 Å². The average Bonchev–Trinajstić information content (AvgIpc) is 2.77. The van der Waals surface area contributed by atoms with E-state index in [2.05, 4.69) is 20.6 Å². The molecule has 14 heavy (non-hydrogen) atoms. The van der Waals surface area contributed by atoms with Gasteiger partial charge in [-0.25, -0.2) is 4.68 Å². The second-order valence-electron chi connectivity index (χ2n) is 2.98. The Morgan fingerprint density at radius 3 is 2.86 bits per heavy atom. The zero-order valence-electron chi connectivity index (χ0n) is 7.83. The second-order valence-corrected chi connectivity index (χ2v) is 2.98. The van der Waals surface area contributed by atoms with Crippen molar-refractivity contribution in [3.8, 4) is 0 Å². The summed E-state index contributed by atoms with van der Waals surface area (Å²) in [6.45, 7) is 3.34. The molecular weight excluding hydrogens is 182 g/mol. The summed E-state index contributed by atoms with van der Waals surface area (Å²) in [4.78, 5) is 0. The quantitative estimate of drug-likeness (QED) is 0.707. The molecule has 2 rings (SSSR count). The Kier molecular flexibility index (Phi) is 2.13. The van der Waals surface area contributed by atoms with Crippen molar-refractivity contribution < 1.29 is 0 Å². The number of aryl methyl sites for hydroxylation is 2. The molecule has 0 spiro atoms. The molecule has 0 bridgehead atoms. The topological polar surface area (TPSA) is 87.4 Å². The number of anilines is 1. The maximum absolute atomic E-state index is 5.66. The van der Waals surface area contributed by atoms with Crippen molar-refractivity contribution >= 4 is 5.69 Å². The van der Waals surface area contributed by atoms with Gasteiger partial charge in [0, 0.05) is 0 Å². The van der Waals surface area contributed by atoms with Crippen LogP contribution in [-0.4, -0.2) is 30.0 Å². The van der Waals surface area contributed by atoms with E-state index in [-0.39, 0.29) is 0 Å². The summed E-state index contributed by atoms with van der Waals surface area (Å²) in [5, 5.41) is 15.0. The fourth-order valence-corrected chi connectivity index (χ4v) is 1.17. The predicted octanol–water partition coefficient (Wildman–Crippen LogP) is -0.540. The maximum atomic E-state index is 5.66. The van der Waals surface area contributed by atoms with Crippen LogP contribution >= 0.6 is 0 Å². The molecule has 7 heteroatoms. The van der Waals surface area contributed by atoms with Gasteiger partial charge in [-0.3, -0.25) is 4.68 Å². The van der Waals surface area contributed by atoms with Gasteiger partial charge in [0.05, 0.1) is 30.7 Å². The Bertz CT molecular complexity index is 402. The minimum absolute atomic E-state index is 0.689. The van der Waals surface area contributed by atoms with Crippen LogP contribution in [0.3, 0.4) is 0 Å². The van der Waals surface area contributed by atoms with Crippen LogP contribution in [-0.2, 0) is 13.1 Å².